The zero-order chi connectivity index (χ0) is 22.3. The maximum Gasteiger partial charge on any atom is 0.245 e. The van der Waals surface area contributed by atoms with Gasteiger partial charge in [0.1, 0.15) is 23.6 Å². The predicted octanol–water partition coefficient (Wildman–Crippen LogP) is 1.93. The first kappa shape index (κ1) is 22.1. The Labute approximate surface area is 188 Å². The Kier molecular flexibility index (Phi) is 7.21. The number of methoxy groups -OCH3 is 1. The molecule has 0 N–H and O–H groups in total. The minimum absolute atomic E-state index is 0.0246. The third kappa shape index (κ3) is 5.37. The summed E-state index contributed by atoms with van der Waals surface area (Å²) in [5.74, 6) is 1.36. The fourth-order valence-corrected chi connectivity index (χ4v) is 4.18. The second kappa shape index (κ2) is 10.5. The number of aromatic nitrogens is 1. The summed E-state index contributed by atoms with van der Waals surface area (Å²) >= 11 is 0. The molecule has 1 aromatic carbocycles. The van der Waals surface area contributed by atoms with Gasteiger partial charge in [-0.15, -0.1) is 0 Å². The lowest BCUT2D eigenvalue weighted by Gasteiger charge is -2.32. The third-order valence-electron chi connectivity index (χ3n) is 5.91. The fraction of sp³-hybridized carbons (Fsp3) is 0.458. The topological polar surface area (TPSA) is 81.2 Å². The van der Waals surface area contributed by atoms with E-state index in [1.54, 1.807) is 35.4 Å². The maximum absolute atomic E-state index is 13.3. The molecule has 32 heavy (non-hydrogen) atoms. The molecule has 2 amide bonds. The number of pyridine rings is 1. The Bertz CT molecular complexity index is 900. The van der Waals surface area contributed by atoms with Crippen LogP contribution in [0.3, 0.4) is 0 Å². The third-order valence-corrected chi connectivity index (χ3v) is 5.91. The standard InChI is InChI=1S/C24H29N3O5/c1-30-19-7-4-18(5-8-19)6-9-23(28)27-17-21(32-20-3-2-10-25-16-20)15-22(27)24(29)26-11-13-31-14-12-26/h2-5,7-8,10,16,21-22H,6,9,11-15,17H2,1H3/t21-,22-/m0/s1. The molecule has 0 aliphatic carbocycles. The van der Waals surface area contributed by atoms with Gasteiger partial charge in [-0.05, 0) is 36.2 Å². The molecule has 1 aromatic heterocycles. The number of benzene rings is 1. The zero-order valence-corrected chi connectivity index (χ0v) is 18.3. The Morgan fingerprint density at radius 3 is 2.59 bits per heavy atom. The van der Waals surface area contributed by atoms with Crippen LogP contribution < -0.4 is 9.47 Å². The van der Waals surface area contributed by atoms with Gasteiger partial charge in [-0.2, -0.15) is 0 Å². The Balaban J connectivity index is 1.43. The van der Waals surface area contributed by atoms with Crippen LogP contribution in [0.4, 0.5) is 0 Å². The van der Waals surface area contributed by atoms with E-state index in [0.717, 1.165) is 11.3 Å². The van der Waals surface area contributed by atoms with Gasteiger partial charge in [-0.1, -0.05) is 12.1 Å². The van der Waals surface area contributed by atoms with E-state index in [1.807, 2.05) is 30.3 Å². The monoisotopic (exact) mass is 439 g/mol. The van der Waals surface area contributed by atoms with E-state index in [0.29, 0.717) is 57.9 Å². The van der Waals surface area contributed by atoms with Gasteiger partial charge in [0, 0.05) is 32.1 Å². The first-order chi connectivity index (χ1) is 15.6. The smallest absolute Gasteiger partial charge is 0.245 e. The second-order valence-corrected chi connectivity index (χ2v) is 8.01. The van der Waals surface area contributed by atoms with Gasteiger partial charge in [-0.25, -0.2) is 0 Å². The Morgan fingerprint density at radius 2 is 1.91 bits per heavy atom. The molecule has 0 radical (unpaired) electrons. The number of morpholine rings is 1. The largest absolute Gasteiger partial charge is 0.497 e. The molecule has 0 unspecified atom stereocenters. The number of likely N-dealkylation sites (tertiary alicyclic amines) is 1. The molecule has 2 saturated heterocycles. The molecule has 2 aliphatic rings. The number of ether oxygens (including phenoxy) is 3. The van der Waals surface area contributed by atoms with Gasteiger partial charge < -0.3 is 24.0 Å². The highest BCUT2D eigenvalue weighted by Crippen LogP contribution is 2.26. The first-order valence-electron chi connectivity index (χ1n) is 11.0. The van der Waals surface area contributed by atoms with Crippen molar-refractivity contribution >= 4 is 11.8 Å². The summed E-state index contributed by atoms with van der Waals surface area (Å²) < 4.78 is 16.6. The van der Waals surface area contributed by atoms with Crippen LogP contribution in [0.5, 0.6) is 11.5 Å². The van der Waals surface area contributed by atoms with Crippen LogP contribution in [0.25, 0.3) is 0 Å². The lowest BCUT2D eigenvalue weighted by Crippen LogP contribution is -2.51. The van der Waals surface area contributed by atoms with Crippen LogP contribution in [0.2, 0.25) is 0 Å². The lowest BCUT2D eigenvalue weighted by molar-refractivity contribution is -0.146. The number of nitrogens with zero attached hydrogens (tertiary/aromatic N) is 3. The Morgan fingerprint density at radius 1 is 1.12 bits per heavy atom. The first-order valence-corrected chi connectivity index (χ1v) is 11.0. The van der Waals surface area contributed by atoms with E-state index in [1.165, 1.54) is 0 Å². The number of hydrogen-bond donors (Lipinski definition) is 0. The highest BCUT2D eigenvalue weighted by atomic mass is 16.5. The minimum Gasteiger partial charge on any atom is -0.497 e. The van der Waals surface area contributed by atoms with Crippen LogP contribution in [0.1, 0.15) is 18.4 Å². The number of rotatable bonds is 7. The normalized spacial score (nSPS) is 20.8. The summed E-state index contributed by atoms with van der Waals surface area (Å²) in [4.78, 5) is 34.0. The zero-order valence-electron chi connectivity index (χ0n) is 18.3. The summed E-state index contributed by atoms with van der Waals surface area (Å²) in [6.45, 7) is 2.55. The molecule has 4 rings (SSSR count). The van der Waals surface area contributed by atoms with E-state index in [2.05, 4.69) is 4.98 Å². The van der Waals surface area contributed by atoms with Crippen molar-refractivity contribution in [3.63, 3.8) is 0 Å². The highest BCUT2D eigenvalue weighted by molar-refractivity contribution is 5.88. The van der Waals surface area contributed by atoms with Gasteiger partial charge in [0.2, 0.25) is 11.8 Å². The molecule has 0 bridgehead atoms. The van der Waals surface area contributed by atoms with Gasteiger partial charge >= 0.3 is 0 Å². The van der Waals surface area contributed by atoms with Gasteiger partial charge in [0.15, 0.2) is 0 Å². The molecule has 3 heterocycles. The average Bonchev–Trinajstić information content (AvgIpc) is 3.27. The quantitative estimate of drug-likeness (QED) is 0.656. The maximum atomic E-state index is 13.3. The molecule has 0 saturated carbocycles. The molecule has 2 atom stereocenters. The molecule has 2 fully saturated rings. The van der Waals surface area contributed by atoms with Crippen LogP contribution in [0.15, 0.2) is 48.8 Å². The van der Waals surface area contributed by atoms with Crippen molar-refractivity contribution in [2.24, 2.45) is 0 Å². The van der Waals surface area contributed by atoms with Gasteiger partial charge in [-0.3, -0.25) is 14.6 Å². The summed E-state index contributed by atoms with van der Waals surface area (Å²) in [7, 11) is 1.63. The van der Waals surface area contributed by atoms with Crippen molar-refractivity contribution in [2.75, 3.05) is 40.0 Å². The van der Waals surface area contributed by atoms with Gasteiger partial charge in [0.25, 0.3) is 0 Å². The van der Waals surface area contributed by atoms with Crippen LogP contribution in [0, 0.1) is 0 Å². The predicted molar refractivity (Wildman–Crippen MR) is 117 cm³/mol. The molecule has 0 spiro atoms. The summed E-state index contributed by atoms with van der Waals surface area (Å²) in [5, 5.41) is 0. The fourth-order valence-electron chi connectivity index (χ4n) is 4.18. The van der Waals surface area contributed by atoms with Crippen molar-refractivity contribution in [1.82, 2.24) is 14.8 Å². The van der Waals surface area contributed by atoms with Crippen molar-refractivity contribution in [3.8, 4) is 11.5 Å². The molecule has 8 nitrogen and oxygen atoms in total. The average molecular weight is 440 g/mol. The minimum atomic E-state index is -0.516. The lowest BCUT2D eigenvalue weighted by atomic mass is 10.1. The summed E-state index contributed by atoms with van der Waals surface area (Å²) in [6, 6.07) is 10.8. The summed E-state index contributed by atoms with van der Waals surface area (Å²) in [6.07, 6.45) is 4.48. The number of aryl methyl sites for hydroxylation is 1. The van der Waals surface area contributed by atoms with E-state index in [4.69, 9.17) is 14.2 Å². The van der Waals surface area contributed by atoms with E-state index in [-0.39, 0.29) is 17.9 Å². The summed E-state index contributed by atoms with van der Waals surface area (Å²) in [5.41, 5.74) is 1.05. The van der Waals surface area contributed by atoms with Crippen molar-refractivity contribution in [2.45, 2.75) is 31.4 Å². The van der Waals surface area contributed by atoms with Crippen molar-refractivity contribution in [3.05, 3.63) is 54.4 Å². The van der Waals surface area contributed by atoms with Crippen LogP contribution in [-0.4, -0.2) is 78.7 Å². The molecule has 8 heteroatoms. The Hall–Kier alpha value is -3.13. The van der Waals surface area contributed by atoms with Crippen molar-refractivity contribution < 1.29 is 23.8 Å². The number of carbonyl (C=O) groups excluding carboxylic acids is 2. The number of amides is 2. The second-order valence-electron chi connectivity index (χ2n) is 8.01. The van der Waals surface area contributed by atoms with E-state index < -0.39 is 6.04 Å². The van der Waals surface area contributed by atoms with E-state index >= 15 is 0 Å². The number of carbonyl (C=O) groups is 2. The number of hydrogen-bond acceptors (Lipinski definition) is 6. The van der Waals surface area contributed by atoms with Crippen LogP contribution in [-0.2, 0) is 20.7 Å². The van der Waals surface area contributed by atoms with Gasteiger partial charge in [0.05, 0.1) is 33.1 Å². The highest BCUT2D eigenvalue weighted by Gasteiger charge is 2.42. The molecule has 2 aromatic rings. The molecular formula is C24H29N3O5. The van der Waals surface area contributed by atoms with E-state index in [9.17, 15) is 9.59 Å². The molecule has 170 valence electrons. The van der Waals surface area contributed by atoms with Crippen molar-refractivity contribution in [1.29, 1.82) is 0 Å². The molecule has 2 aliphatic heterocycles. The SMILES string of the molecule is COc1ccc(CCC(=O)N2C[C@@H](Oc3cccnc3)C[C@H]2C(=O)N2CCOCC2)cc1. The molecular weight excluding hydrogens is 410 g/mol. The van der Waals surface area contributed by atoms with Crippen LogP contribution >= 0.6 is 0 Å².